The Labute approximate surface area is 233 Å². The lowest BCUT2D eigenvalue weighted by Gasteiger charge is -2.28. The minimum absolute atomic E-state index is 0.0183. The summed E-state index contributed by atoms with van der Waals surface area (Å²) in [5.41, 5.74) is 3.19. The van der Waals surface area contributed by atoms with E-state index in [1.54, 1.807) is 19.1 Å². The number of para-hydroxylation sites is 2. The zero-order valence-corrected chi connectivity index (χ0v) is 23.9. The standard InChI is InChI=1S/C32H45N3O4/c1-4-5-6-7-8-9-18-31(36)35(21-22-38-2)25-32(37)34(24-27-14-10-13-17-30(27)39-3)20-19-26-23-33-29-16-12-11-15-28(26)29/h10-17,23,33H,4-9,18-22,24-25H2,1-3H3. The van der Waals surface area contributed by atoms with E-state index < -0.39 is 0 Å². The van der Waals surface area contributed by atoms with Gasteiger partial charge in [-0.15, -0.1) is 0 Å². The normalized spacial score (nSPS) is 11.1. The smallest absolute Gasteiger partial charge is 0.242 e. The Morgan fingerprint density at radius 1 is 0.821 bits per heavy atom. The molecule has 7 nitrogen and oxygen atoms in total. The third kappa shape index (κ3) is 9.43. The van der Waals surface area contributed by atoms with Gasteiger partial charge in [-0.3, -0.25) is 9.59 Å². The first-order valence-electron chi connectivity index (χ1n) is 14.3. The molecule has 39 heavy (non-hydrogen) atoms. The van der Waals surface area contributed by atoms with Gasteiger partial charge in [-0.25, -0.2) is 0 Å². The molecule has 1 N–H and O–H groups in total. The van der Waals surface area contributed by atoms with E-state index in [2.05, 4.69) is 24.0 Å². The van der Waals surface area contributed by atoms with Crippen molar-refractivity contribution in [1.29, 1.82) is 0 Å². The van der Waals surface area contributed by atoms with Crippen LogP contribution in [-0.2, 0) is 27.3 Å². The van der Waals surface area contributed by atoms with E-state index in [0.29, 0.717) is 39.1 Å². The zero-order valence-electron chi connectivity index (χ0n) is 23.9. The molecule has 1 aromatic heterocycles. The van der Waals surface area contributed by atoms with E-state index in [1.165, 1.54) is 24.8 Å². The molecule has 7 heteroatoms. The summed E-state index contributed by atoms with van der Waals surface area (Å²) in [6.45, 7) is 3.99. The number of nitrogens with zero attached hydrogens (tertiary/aromatic N) is 2. The van der Waals surface area contributed by atoms with Gasteiger partial charge in [-0.1, -0.05) is 75.4 Å². The molecule has 0 unspecified atom stereocenters. The van der Waals surface area contributed by atoms with Gasteiger partial charge in [0.15, 0.2) is 0 Å². The first-order chi connectivity index (χ1) is 19.1. The molecule has 0 aliphatic rings. The number of carbonyl (C=O) groups is 2. The van der Waals surface area contributed by atoms with Crippen molar-refractivity contribution in [3.63, 3.8) is 0 Å². The fraction of sp³-hybridized carbons (Fsp3) is 0.500. The van der Waals surface area contributed by atoms with Gasteiger partial charge < -0.3 is 24.3 Å². The van der Waals surface area contributed by atoms with Crippen LogP contribution in [0.15, 0.2) is 54.7 Å². The predicted octanol–water partition coefficient (Wildman–Crippen LogP) is 5.97. The van der Waals surface area contributed by atoms with E-state index in [4.69, 9.17) is 9.47 Å². The van der Waals surface area contributed by atoms with E-state index in [-0.39, 0.29) is 18.4 Å². The quantitative estimate of drug-likeness (QED) is 0.204. The number of amides is 2. The number of methoxy groups -OCH3 is 2. The third-order valence-electron chi connectivity index (χ3n) is 7.22. The van der Waals surface area contributed by atoms with Crippen molar-refractivity contribution in [2.75, 3.05) is 40.5 Å². The molecule has 3 rings (SSSR count). The van der Waals surface area contributed by atoms with Crippen molar-refractivity contribution < 1.29 is 19.1 Å². The van der Waals surface area contributed by atoms with Crippen molar-refractivity contribution in [1.82, 2.24) is 14.8 Å². The number of rotatable bonds is 18. The topological polar surface area (TPSA) is 74.9 Å². The number of hydrogen-bond donors (Lipinski definition) is 1. The summed E-state index contributed by atoms with van der Waals surface area (Å²) < 4.78 is 10.8. The van der Waals surface area contributed by atoms with Crippen LogP contribution in [0, 0.1) is 0 Å². The summed E-state index contributed by atoms with van der Waals surface area (Å²) in [6, 6.07) is 16.0. The Kier molecular flexibility index (Phi) is 12.9. The largest absolute Gasteiger partial charge is 0.496 e. The summed E-state index contributed by atoms with van der Waals surface area (Å²) >= 11 is 0. The molecule has 0 saturated carbocycles. The van der Waals surface area contributed by atoms with Gasteiger partial charge in [0.25, 0.3) is 0 Å². The molecule has 0 spiro atoms. The molecule has 212 valence electrons. The number of benzene rings is 2. The zero-order chi connectivity index (χ0) is 27.9. The highest BCUT2D eigenvalue weighted by atomic mass is 16.5. The first-order valence-corrected chi connectivity index (χ1v) is 14.3. The molecule has 0 aliphatic carbocycles. The van der Waals surface area contributed by atoms with Crippen molar-refractivity contribution in [3.8, 4) is 5.75 Å². The van der Waals surface area contributed by atoms with Crippen molar-refractivity contribution in [2.24, 2.45) is 0 Å². The molecule has 2 amide bonds. The van der Waals surface area contributed by atoms with E-state index in [9.17, 15) is 9.59 Å². The van der Waals surface area contributed by atoms with Gasteiger partial charge in [-0.05, 0) is 30.5 Å². The van der Waals surface area contributed by atoms with Crippen LogP contribution in [0.25, 0.3) is 10.9 Å². The Hall–Kier alpha value is -3.32. The number of aromatic nitrogens is 1. The minimum Gasteiger partial charge on any atom is -0.496 e. The number of unbranched alkanes of at least 4 members (excludes halogenated alkanes) is 5. The number of fused-ring (bicyclic) bond motifs is 1. The fourth-order valence-corrected chi connectivity index (χ4v) is 4.90. The summed E-state index contributed by atoms with van der Waals surface area (Å²) in [5, 5.41) is 1.16. The lowest BCUT2D eigenvalue weighted by atomic mass is 10.1. The maximum Gasteiger partial charge on any atom is 0.242 e. The van der Waals surface area contributed by atoms with Crippen LogP contribution in [-0.4, -0.2) is 67.1 Å². The number of hydrogen-bond acceptors (Lipinski definition) is 4. The van der Waals surface area contributed by atoms with Crippen LogP contribution >= 0.6 is 0 Å². The van der Waals surface area contributed by atoms with E-state index in [0.717, 1.165) is 41.5 Å². The lowest BCUT2D eigenvalue weighted by molar-refractivity contribution is -0.141. The highest BCUT2D eigenvalue weighted by Gasteiger charge is 2.22. The summed E-state index contributed by atoms with van der Waals surface area (Å²) in [6.07, 6.45) is 9.89. The molecule has 1 heterocycles. The maximum absolute atomic E-state index is 13.7. The predicted molar refractivity (Wildman–Crippen MR) is 157 cm³/mol. The second kappa shape index (κ2) is 16.6. The van der Waals surface area contributed by atoms with Crippen LogP contribution in [0.5, 0.6) is 5.75 Å². The Morgan fingerprint density at radius 3 is 2.36 bits per heavy atom. The van der Waals surface area contributed by atoms with E-state index in [1.807, 2.05) is 47.5 Å². The average molecular weight is 536 g/mol. The van der Waals surface area contributed by atoms with Gasteiger partial charge in [0, 0.05) is 55.8 Å². The summed E-state index contributed by atoms with van der Waals surface area (Å²) in [4.78, 5) is 33.7. The third-order valence-corrected chi connectivity index (χ3v) is 7.22. The average Bonchev–Trinajstić information content (AvgIpc) is 3.38. The van der Waals surface area contributed by atoms with Crippen LogP contribution in [0.2, 0.25) is 0 Å². The van der Waals surface area contributed by atoms with Gasteiger partial charge >= 0.3 is 0 Å². The number of nitrogens with one attached hydrogen (secondary N) is 1. The molecular weight excluding hydrogens is 490 g/mol. The monoisotopic (exact) mass is 535 g/mol. The maximum atomic E-state index is 13.7. The SMILES string of the molecule is CCCCCCCCC(=O)N(CCOC)CC(=O)N(CCc1c[nH]c2ccccc12)Cc1ccccc1OC. The first kappa shape index (κ1) is 30.2. The van der Waals surface area contributed by atoms with Crippen LogP contribution in [0.4, 0.5) is 0 Å². The highest BCUT2D eigenvalue weighted by molar-refractivity contribution is 5.85. The van der Waals surface area contributed by atoms with Gasteiger partial charge in [0.05, 0.1) is 20.3 Å². The van der Waals surface area contributed by atoms with Gasteiger partial charge in [0.2, 0.25) is 11.8 Å². The molecule has 2 aromatic carbocycles. The Balaban J connectivity index is 1.71. The molecular formula is C32H45N3O4. The number of carbonyl (C=O) groups excluding carboxylic acids is 2. The van der Waals surface area contributed by atoms with Crippen molar-refractivity contribution in [2.45, 2.75) is 64.8 Å². The Morgan fingerprint density at radius 2 is 1.56 bits per heavy atom. The molecule has 0 atom stereocenters. The van der Waals surface area contributed by atoms with Gasteiger partial charge in [-0.2, -0.15) is 0 Å². The summed E-state index contributed by atoms with van der Waals surface area (Å²) in [7, 11) is 3.26. The second-order valence-corrected chi connectivity index (χ2v) is 10.1. The molecule has 0 fully saturated rings. The molecule has 0 aliphatic heterocycles. The van der Waals surface area contributed by atoms with Crippen molar-refractivity contribution in [3.05, 3.63) is 65.9 Å². The molecule has 0 bridgehead atoms. The molecule has 3 aromatic rings. The van der Waals surface area contributed by atoms with Crippen LogP contribution in [0.1, 0.15) is 63.0 Å². The number of aromatic amines is 1. The molecule has 0 saturated heterocycles. The minimum atomic E-state index is -0.0758. The molecule has 0 radical (unpaired) electrons. The fourth-order valence-electron chi connectivity index (χ4n) is 4.90. The van der Waals surface area contributed by atoms with Crippen LogP contribution < -0.4 is 4.74 Å². The number of ether oxygens (including phenoxy) is 2. The Bertz CT molecular complexity index is 1160. The summed E-state index contributed by atoms with van der Waals surface area (Å²) in [5.74, 6) is 0.690. The van der Waals surface area contributed by atoms with Gasteiger partial charge in [0.1, 0.15) is 5.75 Å². The second-order valence-electron chi connectivity index (χ2n) is 10.1. The van der Waals surface area contributed by atoms with E-state index >= 15 is 0 Å². The van der Waals surface area contributed by atoms with Crippen LogP contribution in [0.3, 0.4) is 0 Å². The highest BCUT2D eigenvalue weighted by Crippen LogP contribution is 2.22. The lowest BCUT2D eigenvalue weighted by Crippen LogP contribution is -2.44. The van der Waals surface area contributed by atoms with Crippen molar-refractivity contribution >= 4 is 22.7 Å². The number of H-pyrrole nitrogens is 1.